The molecular weight excluding hydrogens is 318 g/mol. The number of ether oxygens (including phenoxy) is 1. The molecule has 0 bridgehead atoms. The Hall–Kier alpha value is -1.63. The molecule has 2 amide bonds. The van der Waals surface area contributed by atoms with Crippen molar-refractivity contribution in [3.05, 3.63) is 35.9 Å². The van der Waals surface area contributed by atoms with E-state index in [2.05, 4.69) is 4.90 Å². The first-order chi connectivity index (χ1) is 12.1. The van der Waals surface area contributed by atoms with Crippen LogP contribution in [-0.2, 0) is 11.3 Å². The Morgan fingerprint density at radius 2 is 1.88 bits per heavy atom. The van der Waals surface area contributed by atoms with E-state index in [0.29, 0.717) is 25.8 Å². The number of β-amino-alcohol motifs (C(OH)–C–C–N with tert-alkyl or cyclic N) is 1. The SMILES string of the molecule is CN1CCN(C2CCN(CC(O)COCc3ccccc3)CC2)C1=O. The number of carbonyl (C=O) groups excluding carboxylic acids is 1. The van der Waals surface area contributed by atoms with Gasteiger partial charge in [0.15, 0.2) is 0 Å². The van der Waals surface area contributed by atoms with Crippen molar-refractivity contribution < 1.29 is 14.6 Å². The lowest BCUT2D eigenvalue weighted by Crippen LogP contribution is -2.48. The number of hydrogen-bond acceptors (Lipinski definition) is 4. The third kappa shape index (κ3) is 4.93. The minimum Gasteiger partial charge on any atom is -0.389 e. The van der Waals surface area contributed by atoms with E-state index in [0.717, 1.165) is 44.6 Å². The molecule has 0 spiro atoms. The Morgan fingerprint density at radius 3 is 2.52 bits per heavy atom. The van der Waals surface area contributed by atoms with Gasteiger partial charge in [-0.1, -0.05) is 30.3 Å². The van der Waals surface area contributed by atoms with Crippen LogP contribution < -0.4 is 0 Å². The van der Waals surface area contributed by atoms with Gasteiger partial charge in [-0.05, 0) is 18.4 Å². The molecule has 2 heterocycles. The molecule has 6 nitrogen and oxygen atoms in total. The molecule has 25 heavy (non-hydrogen) atoms. The van der Waals surface area contributed by atoms with Crippen molar-refractivity contribution in [3.8, 4) is 0 Å². The fraction of sp³-hybridized carbons (Fsp3) is 0.632. The summed E-state index contributed by atoms with van der Waals surface area (Å²) in [5, 5.41) is 10.2. The van der Waals surface area contributed by atoms with E-state index >= 15 is 0 Å². The molecule has 1 aromatic carbocycles. The lowest BCUT2D eigenvalue weighted by atomic mass is 10.0. The van der Waals surface area contributed by atoms with Crippen molar-refractivity contribution in [1.82, 2.24) is 14.7 Å². The van der Waals surface area contributed by atoms with Crippen LogP contribution in [0, 0.1) is 0 Å². The van der Waals surface area contributed by atoms with Crippen LogP contribution in [-0.4, -0.2) is 84.4 Å². The summed E-state index contributed by atoms with van der Waals surface area (Å²) < 4.78 is 5.62. The number of likely N-dealkylation sites (tertiary alicyclic amines) is 1. The Morgan fingerprint density at radius 1 is 1.16 bits per heavy atom. The normalized spacial score (nSPS) is 21.1. The van der Waals surface area contributed by atoms with Crippen LogP contribution in [0.1, 0.15) is 18.4 Å². The molecule has 1 unspecified atom stereocenters. The third-order valence-corrected chi connectivity index (χ3v) is 5.14. The van der Waals surface area contributed by atoms with E-state index in [-0.39, 0.29) is 6.03 Å². The number of likely N-dealkylation sites (N-methyl/N-ethyl adjacent to an activating group) is 1. The molecule has 0 saturated carbocycles. The number of carbonyl (C=O) groups is 1. The number of urea groups is 1. The fourth-order valence-corrected chi connectivity index (χ4v) is 3.66. The van der Waals surface area contributed by atoms with Crippen LogP contribution in [0.25, 0.3) is 0 Å². The molecule has 2 aliphatic heterocycles. The molecular formula is C19H29N3O3. The van der Waals surface area contributed by atoms with Crippen molar-refractivity contribution in [2.75, 3.05) is 46.4 Å². The summed E-state index contributed by atoms with van der Waals surface area (Å²) >= 11 is 0. The van der Waals surface area contributed by atoms with E-state index in [1.54, 1.807) is 4.90 Å². The quantitative estimate of drug-likeness (QED) is 0.810. The van der Waals surface area contributed by atoms with Gasteiger partial charge in [-0.2, -0.15) is 0 Å². The second kappa shape index (κ2) is 8.65. The fourth-order valence-electron chi connectivity index (χ4n) is 3.66. The van der Waals surface area contributed by atoms with E-state index in [1.165, 1.54) is 0 Å². The molecule has 0 aromatic heterocycles. The first-order valence-corrected chi connectivity index (χ1v) is 9.17. The predicted octanol–water partition coefficient (Wildman–Crippen LogP) is 1.40. The van der Waals surface area contributed by atoms with Crippen LogP contribution in [0.3, 0.4) is 0 Å². The molecule has 2 aliphatic rings. The zero-order valence-corrected chi connectivity index (χ0v) is 15.0. The predicted molar refractivity (Wildman–Crippen MR) is 96.3 cm³/mol. The zero-order chi connectivity index (χ0) is 17.6. The molecule has 1 atom stereocenters. The number of nitrogens with zero attached hydrogens (tertiary/aromatic N) is 3. The highest BCUT2D eigenvalue weighted by atomic mass is 16.5. The smallest absolute Gasteiger partial charge is 0.320 e. The van der Waals surface area contributed by atoms with Gasteiger partial charge in [-0.3, -0.25) is 0 Å². The maximum Gasteiger partial charge on any atom is 0.320 e. The van der Waals surface area contributed by atoms with Crippen LogP contribution in [0.2, 0.25) is 0 Å². The Labute approximate surface area is 150 Å². The molecule has 138 valence electrons. The second-order valence-electron chi connectivity index (χ2n) is 7.08. The zero-order valence-electron chi connectivity index (χ0n) is 15.0. The average molecular weight is 347 g/mol. The van der Waals surface area contributed by atoms with Crippen LogP contribution >= 0.6 is 0 Å². The largest absolute Gasteiger partial charge is 0.389 e. The average Bonchev–Trinajstić information content (AvgIpc) is 2.96. The number of rotatable bonds is 7. The van der Waals surface area contributed by atoms with E-state index in [1.807, 2.05) is 42.3 Å². The second-order valence-corrected chi connectivity index (χ2v) is 7.08. The molecule has 6 heteroatoms. The van der Waals surface area contributed by atoms with Crippen LogP contribution in [0.4, 0.5) is 4.79 Å². The van der Waals surface area contributed by atoms with Crippen molar-refractivity contribution >= 4 is 6.03 Å². The Kier molecular flexibility index (Phi) is 6.29. The standard InChI is InChI=1S/C19H29N3O3/c1-20-11-12-22(19(20)24)17-7-9-21(10-8-17)13-18(23)15-25-14-16-5-3-2-4-6-16/h2-6,17-18,23H,7-15H2,1H3. The molecule has 1 N–H and O–H groups in total. The topological polar surface area (TPSA) is 56.3 Å². The Bertz CT molecular complexity index is 546. The van der Waals surface area contributed by atoms with Crippen molar-refractivity contribution in [1.29, 1.82) is 0 Å². The molecule has 2 saturated heterocycles. The molecule has 1 aromatic rings. The van der Waals surface area contributed by atoms with Gasteiger partial charge in [0.05, 0.1) is 19.3 Å². The van der Waals surface area contributed by atoms with Gasteiger partial charge in [-0.25, -0.2) is 4.79 Å². The molecule has 0 aliphatic carbocycles. The third-order valence-electron chi connectivity index (χ3n) is 5.14. The van der Waals surface area contributed by atoms with Gasteiger partial charge in [0.1, 0.15) is 0 Å². The first kappa shape index (κ1) is 18.2. The number of benzene rings is 1. The summed E-state index contributed by atoms with van der Waals surface area (Å²) in [6.07, 6.45) is 1.49. The van der Waals surface area contributed by atoms with E-state index < -0.39 is 6.10 Å². The number of piperidine rings is 1. The van der Waals surface area contributed by atoms with Gasteiger partial charge >= 0.3 is 6.03 Å². The minimum absolute atomic E-state index is 0.160. The summed E-state index contributed by atoms with van der Waals surface area (Å²) in [5.74, 6) is 0. The van der Waals surface area contributed by atoms with Crippen LogP contribution in [0.15, 0.2) is 30.3 Å². The number of aliphatic hydroxyl groups is 1. The van der Waals surface area contributed by atoms with Gasteiger partial charge < -0.3 is 24.5 Å². The first-order valence-electron chi connectivity index (χ1n) is 9.17. The number of aliphatic hydroxyl groups excluding tert-OH is 1. The van der Waals surface area contributed by atoms with Gasteiger partial charge in [0.2, 0.25) is 0 Å². The van der Waals surface area contributed by atoms with Gasteiger partial charge in [0.25, 0.3) is 0 Å². The van der Waals surface area contributed by atoms with Gasteiger partial charge in [0, 0.05) is 45.8 Å². The summed E-state index contributed by atoms with van der Waals surface area (Å²) in [7, 11) is 1.86. The van der Waals surface area contributed by atoms with Crippen molar-refractivity contribution in [2.24, 2.45) is 0 Å². The highest BCUT2D eigenvalue weighted by molar-refractivity contribution is 5.76. The van der Waals surface area contributed by atoms with E-state index in [4.69, 9.17) is 4.74 Å². The summed E-state index contributed by atoms with van der Waals surface area (Å²) in [6.45, 7) is 5.04. The van der Waals surface area contributed by atoms with Crippen LogP contribution in [0.5, 0.6) is 0 Å². The summed E-state index contributed by atoms with van der Waals surface area (Å²) in [6, 6.07) is 10.5. The maximum absolute atomic E-state index is 12.1. The highest BCUT2D eigenvalue weighted by Gasteiger charge is 2.33. The van der Waals surface area contributed by atoms with Crippen molar-refractivity contribution in [2.45, 2.75) is 31.6 Å². The monoisotopic (exact) mass is 347 g/mol. The highest BCUT2D eigenvalue weighted by Crippen LogP contribution is 2.20. The number of hydrogen-bond donors (Lipinski definition) is 1. The van der Waals surface area contributed by atoms with Crippen molar-refractivity contribution in [3.63, 3.8) is 0 Å². The van der Waals surface area contributed by atoms with Gasteiger partial charge in [-0.15, -0.1) is 0 Å². The Balaban J connectivity index is 1.34. The number of amides is 2. The maximum atomic E-state index is 12.1. The van der Waals surface area contributed by atoms with E-state index in [9.17, 15) is 9.90 Å². The lowest BCUT2D eigenvalue weighted by molar-refractivity contribution is 0.00337. The molecule has 2 fully saturated rings. The summed E-state index contributed by atoms with van der Waals surface area (Å²) in [5.41, 5.74) is 1.12. The minimum atomic E-state index is -0.472. The molecule has 0 radical (unpaired) electrons. The lowest BCUT2D eigenvalue weighted by Gasteiger charge is -2.37. The molecule has 3 rings (SSSR count). The summed E-state index contributed by atoms with van der Waals surface area (Å²) in [4.78, 5) is 18.2.